The van der Waals surface area contributed by atoms with Crippen molar-refractivity contribution in [1.82, 2.24) is 0 Å². The standard InChI is InChI=1S/C16H32O6SSi/c1-15(2,3)14(22-24(5)6)12-7-8-16(19-9-10-20-16)13(12)11-21-23(4,17)18/h12-14,24H,7-11H2,1-6H3. The second kappa shape index (κ2) is 7.32. The highest BCUT2D eigenvalue weighted by molar-refractivity contribution is 7.85. The Bertz CT molecular complexity index is 521. The Morgan fingerprint density at radius 1 is 1.25 bits per heavy atom. The normalized spacial score (nSPS) is 28.8. The van der Waals surface area contributed by atoms with Crippen LogP contribution in [-0.2, 0) is 28.2 Å². The lowest BCUT2D eigenvalue weighted by Crippen LogP contribution is -2.47. The molecule has 6 nitrogen and oxygen atoms in total. The fourth-order valence-corrected chi connectivity index (χ4v) is 5.55. The Hall–Kier alpha value is 0.00688. The number of rotatable bonds is 6. The van der Waals surface area contributed by atoms with Crippen molar-refractivity contribution in [2.24, 2.45) is 17.3 Å². The first kappa shape index (κ1) is 20.3. The van der Waals surface area contributed by atoms with Gasteiger partial charge in [0.05, 0.1) is 32.2 Å². The Morgan fingerprint density at radius 2 is 1.83 bits per heavy atom. The summed E-state index contributed by atoms with van der Waals surface area (Å²) in [5.74, 6) is -0.716. The van der Waals surface area contributed by atoms with Gasteiger partial charge < -0.3 is 13.9 Å². The van der Waals surface area contributed by atoms with Gasteiger partial charge in [0.1, 0.15) is 0 Å². The molecule has 1 saturated heterocycles. The Balaban J connectivity index is 2.27. The zero-order chi connectivity index (χ0) is 18.2. The minimum Gasteiger partial charge on any atom is -0.417 e. The first-order chi connectivity index (χ1) is 10.9. The maximum atomic E-state index is 11.5. The highest BCUT2D eigenvalue weighted by atomic mass is 32.2. The highest BCUT2D eigenvalue weighted by Gasteiger charge is 2.56. The molecule has 0 aromatic rings. The van der Waals surface area contributed by atoms with Crippen molar-refractivity contribution in [1.29, 1.82) is 0 Å². The molecule has 1 saturated carbocycles. The maximum Gasteiger partial charge on any atom is 0.264 e. The van der Waals surface area contributed by atoms with E-state index < -0.39 is 24.9 Å². The molecule has 1 spiro atoms. The third kappa shape index (κ3) is 4.79. The minimum absolute atomic E-state index is 0.0319. The maximum absolute atomic E-state index is 11.5. The summed E-state index contributed by atoms with van der Waals surface area (Å²) in [6, 6.07) is 0. The van der Waals surface area contributed by atoms with Crippen molar-refractivity contribution in [3.05, 3.63) is 0 Å². The second-order valence-corrected chi connectivity index (χ2v) is 12.3. The van der Waals surface area contributed by atoms with Gasteiger partial charge in [-0.25, -0.2) is 0 Å². The van der Waals surface area contributed by atoms with E-state index in [2.05, 4.69) is 33.9 Å². The van der Waals surface area contributed by atoms with Crippen molar-refractivity contribution in [3.63, 3.8) is 0 Å². The molecule has 2 aliphatic rings. The molecule has 1 aliphatic heterocycles. The molecule has 1 aliphatic carbocycles. The molecule has 0 aromatic carbocycles. The van der Waals surface area contributed by atoms with Crippen LogP contribution in [0.25, 0.3) is 0 Å². The van der Waals surface area contributed by atoms with Crippen molar-refractivity contribution >= 4 is 19.2 Å². The number of ether oxygens (including phenoxy) is 2. The number of hydrogen-bond donors (Lipinski definition) is 0. The predicted molar refractivity (Wildman–Crippen MR) is 94.8 cm³/mol. The molecule has 0 amide bonds. The van der Waals surface area contributed by atoms with E-state index in [1.807, 2.05) is 0 Å². The Kier molecular flexibility index (Phi) is 6.20. The van der Waals surface area contributed by atoms with Gasteiger partial charge in [-0.3, -0.25) is 4.18 Å². The molecule has 3 unspecified atom stereocenters. The molecule has 142 valence electrons. The SMILES string of the molecule is C[SiH](C)OC(C1CCC2(OCCO2)C1COS(C)(=O)=O)C(C)(C)C. The van der Waals surface area contributed by atoms with E-state index in [9.17, 15) is 8.42 Å². The van der Waals surface area contributed by atoms with E-state index >= 15 is 0 Å². The molecule has 0 bridgehead atoms. The van der Waals surface area contributed by atoms with E-state index in [0.29, 0.717) is 13.2 Å². The zero-order valence-electron chi connectivity index (χ0n) is 15.7. The van der Waals surface area contributed by atoms with E-state index in [1.54, 1.807) is 0 Å². The second-order valence-electron chi connectivity index (χ2n) is 8.28. The Morgan fingerprint density at radius 3 is 2.29 bits per heavy atom. The lowest BCUT2D eigenvalue weighted by molar-refractivity contribution is -0.197. The van der Waals surface area contributed by atoms with Crippen LogP contribution in [0.3, 0.4) is 0 Å². The summed E-state index contributed by atoms with van der Waals surface area (Å²) in [6.45, 7) is 12.0. The van der Waals surface area contributed by atoms with Gasteiger partial charge in [0.15, 0.2) is 14.8 Å². The van der Waals surface area contributed by atoms with Crippen molar-refractivity contribution in [2.45, 2.75) is 58.6 Å². The lowest BCUT2D eigenvalue weighted by atomic mass is 9.76. The molecule has 2 rings (SSSR count). The van der Waals surface area contributed by atoms with E-state index in [1.165, 1.54) is 0 Å². The van der Waals surface area contributed by atoms with E-state index in [0.717, 1.165) is 19.1 Å². The average molecular weight is 381 g/mol. The molecule has 24 heavy (non-hydrogen) atoms. The third-order valence-corrected chi connectivity index (χ3v) is 6.21. The predicted octanol–water partition coefficient (Wildman–Crippen LogP) is 2.15. The first-order valence-electron chi connectivity index (χ1n) is 8.72. The van der Waals surface area contributed by atoms with Crippen LogP contribution in [0.2, 0.25) is 13.1 Å². The van der Waals surface area contributed by atoms with Crippen LogP contribution in [0.4, 0.5) is 0 Å². The zero-order valence-corrected chi connectivity index (χ0v) is 17.7. The molecular formula is C16H32O6SSi. The first-order valence-corrected chi connectivity index (χ1v) is 13.3. The topological polar surface area (TPSA) is 71.1 Å². The summed E-state index contributed by atoms with van der Waals surface area (Å²) in [7, 11) is -4.76. The van der Waals surface area contributed by atoms with Crippen LogP contribution in [0, 0.1) is 17.3 Å². The van der Waals surface area contributed by atoms with Crippen LogP contribution in [0.1, 0.15) is 33.6 Å². The van der Waals surface area contributed by atoms with Gasteiger partial charge in [0.25, 0.3) is 10.1 Å². The third-order valence-electron chi connectivity index (χ3n) is 4.81. The molecule has 0 radical (unpaired) electrons. The van der Waals surface area contributed by atoms with Crippen LogP contribution in [-0.4, -0.2) is 55.4 Å². The van der Waals surface area contributed by atoms with Crippen LogP contribution >= 0.6 is 0 Å². The van der Waals surface area contributed by atoms with Crippen molar-refractivity contribution in [3.8, 4) is 0 Å². The molecule has 0 N–H and O–H groups in total. The van der Waals surface area contributed by atoms with Gasteiger partial charge in [-0.1, -0.05) is 20.8 Å². The molecule has 3 atom stereocenters. The van der Waals surface area contributed by atoms with Gasteiger partial charge in [-0.2, -0.15) is 8.42 Å². The van der Waals surface area contributed by atoms with Gasteiger partial charge in [0.2, 0.25) is 0 Å². The average Bonchev–Trinajstić information content (AvgIpc) is 3.00. The van der Waals surface area contributed by atoms with Crippen molar-refractivity contribution < 1.29 is 26.5 Å². The smallest absolute Gasteiger partial charge is 0.264 e. The van der Waals surface area contributed by atoms with Gasteiger partial charge in [0, 0.05) is 12.3 Å². The lowest BCUT2D eigenvalue weighted by Gasteiger charge is -2.41. The molecule has 0 aromatic heterocycles. The minimum atomic E-state index is -3.51. The van der Waals surface area contributed by atoms with Gasteiger partial charge in [-0.15, -0.1) is 0 Å². The quantitative estimate of drug-likeness (QED) is 0.519. The van der Waals surface area contributed by atoms with Gasteiger partial charge in [-0.05, 0) is 30.8 Å². The molecule has 1 heterocycles. The summed E-state index contributed by atoms with van der Waals surface area (Å²) < 4.78 is 46.5. The van der Waals surface area contributed by atoms with Crippen molar-refractivity contribution in [2.75, 3.05) is 26.1 Å². The monoisotopic (exact) mass is 380 g/mol. The van der Waals surface area contributed by atoms with Gasteiger partial charge >= 0.3 is 0 Å². The number of hydrogen-bond acceptors (Lipinski definition) is 6. The van der Waals surface area contributed by atoms with E-state index in [-0.39, 0.29) is 30.0 Å². The highest BCUT2D eigenvalue weighted by Crippen LogP contribution is 2.50. The van der Waals surface area contributed by atoms with E-state index in [4.69, 9.17) is 18.1 Å². The van der Waals surface area contributed by atoms with Crippen LogP contribution < -0.4 is 0 Å². The largest absolute Gasteiger partial charge is 0.417 e. The summed E-state index contributed by atoms with van der Waals surface area (Å²) in [5, 5.41) is 0. The summed E-state index contributed by atoms with van der Waals surface area (Å²) >= 11 is 0. The van der Waals surface area contributed by atoms with Crippen LogP contribution in [0.15, 0.2) is 0 Å². The molecular weight excluding hydrogens is 348 g/mol. The summed E-state index contributed by atoms with van der Waals surface area (Å²) in [4.78, 5) is 0. The fourth-order valence-electron chi connectivity index (χ4n) is 3.96. The summed E-state index contributed by atoms with van der Waals surface area (Å²) in [5.41, 5.74) is -0.0462. The fraction of sp³-hybridized carbons (Fsp3) is 1.00. The molecule has 8 heteroatoms. The summed E-state index contributed by atoms with van der Waals surface area (Å²) in [6.07, 6.45) is 2.76. The van der Waals surface area contributed by atoms with Crippen LogP contribution in [0.5, 0.6) is 0 Å². The Labute approximate surface area is 148 Å². The molecule has 2 fully saturated rings.